The molecule has 0 aliphatic carbocycles. The van der Waals surface area contributed by atoms with Crippen molar-refractivity contribution in [2.45, 2.75) is 36.6 Å². The molecule has 2 saturated heterocycles. The number of carbonyl (C=O) groups is 1. The van der Waals surface area contributed by atoms with Gasteiger partial charge in [0.15, 0.2) is 6.23 Å². The van der Waals surface area contributed by atoms with Crippen LogP contribution in [0.15, 0.2) is 138 Å². The van der Waals surface area contributed by atoms with E-state index in [1.165, 1.54) is 0 Å². The molecule has 4 aromatic carbocycles. The number of hydrogen-bond donors (Lipinski definition) is 2. The van der Waals surface area contributed by atoms with Crippen molar-refractivity contribution in [1.29, 1.82) is 0 Å². The van der Waals surface area contributed by atoms with Crippen molar-refractivity contribution in [3.63, 3.8) is 0 Å². The van der Waals surface area contributed by atoms with E-state index in [2.05, 4.69) is 16.9 Å². The summed E-state index contributed by atoms with van der Waals surface area (Å²) in [6.45, 7) is 6.09. The monoisotopic (exact) mass is 673 g/mol. The van der Waals surface area contributed by atoms with Crippen molar-refractivity contribution in [3.05, 3.63) is 156 Å². The third-order valence-electron chi connectivity index (χ3n) is 9.50. The predicted molar refractivity (Wildman–Crippen MR) is 188 cm³/mol. The summed E-state index contributed by atoms with van der Waals surface area (Å²) in [7, 11) is 3.26. The number of amidine groups is 1. The first kappa shape index (κ1) is 33.2. The summed E-state index contributed by atoms with van der Waals surface area (Å²) in [5.74, 6) is 1.86. The lowest BCUT2D eigenvalue weighted by atomic mass is 9.79. The van der Waals surface area contributed by atoms with Gasteiger partial charge in [0.05, 0.1) is 27.4 Å². The first-order chi connectivity index (χ1) is 24.3. The first-order valence-electron chi connectivity index (χ1n) is 16.4. The number of benzene rings is 4. The average molecular weight is 674 g/mol. The number of methoxy groups -OCH3 is 2. The Morgan fingerprint density at radius 2 is 1.48 bits per heavy atom. The number of rotatable bonds is 10. The van der Waals surface area contributed by atoms with E-state index in [-0.39, 0.29) is 19.1 Å². The fourth-order valence-electron chi connectivity index (χ4n) is 6.78. The van der Waals surface area contributed by atoms with Gasteiger partial charge in [-0.2, -0.15) is 0 Å². The Hall–Kier alpha value is -5.26. The predicted octanol–water partition coefficient (Wildman–Crippen LogP) is 5.39. The van der Waals surface area contributed by atoms with Gasteiger partial charge in [0.1, 0.15) is 46.6 Å². The number of aliphatic hydroxyl groups is 1. The van der Waals surface area contributed by atoms with Crippen LogP contribution in [0.5, 0.6) is 11.5 Å². The summed E-state index contributed by atoms with van der Waals surface area (Å²) in [5.41, 5.74) is 1.48. The molecule has 3 aliphatic heterocycles. The molecule has 4 atom stereocenters. The summed E-state index contributed by atoms with van der Waals surface area (Å²) in [4.78, 5) is 19.2. The Balaban J connectivity index is 1.19. The summed E-state index contributed by atoms with van der Waals surface area (Å²) >= 11 is 0. The van der Waals surface area contributed by atoms with E-state index in [9.17, 15) is 9.90 Å². The van der Waals surface area contributed by atoms with Crippen molar-refractivity contribution in [3.8, 4) is 11.5 Å². The lowest BCUT2D eigenvalue weighted by Crippen LogP contribution is -2.50. The summed E-state index contributed by atoms with van der Waals surface area (Å²) in [6.07, 6.45) is -0.664. The summed E-state index contributed by atoms with van der Waals surface area (Å²) in [5, 5.41) is 14.6. The van der Waals surface area contributed by atoms with Crippen LogP contribution in [0.1, 0.15) is 34.0 Å². The van der Waals surface area contributed by atoms with Gasteiger partial charge >= 0.3 is 0 Å². The number of amides is 1. The fourth-order valence-corrected chi connectivity index (χ4v) is 6.78. The second-order valence-electron chi connectivity index (χ2n) is 12.5. The zero-order valence-corrected chi connectivity index (χ0v) is 28.1. The maximum Gasteiger partial charge on any atom is 0.256 e. The molecule has 256 valence electrons. The minimum atomic E-state index is -1.21. The highest BCUT2D eigenvalue weighted by Crippen LogP contribution is 2.47. The minimum absolute atomic E-state index is 0.0151. The van der Waals surface area contributed by atoms with Crippen LogP contribution < -0.4 is 14.8 Å². The molecular weight excluding hydrogens is 634 g/mol. The second kappa shape index (κ2) is 13.6. The van der Waals surface area contributed by atoms with E-state index >= 15 is 0 Å². The van der Waals surface area contributed by atoms with E-state index in [0.717, 1.165) is 16.7 Å². The molecule has 2 fully saturated rings. The lowest BCUT2D eigenvalue weighted by Gasteiger charge is -2.41. The Kier molecular flexibility index (Phi) is 9.02. The summed E-state index contributed by atoms with van der Waals surface area (Å²) < 4.78 is 31.0. The second-order valence-corrected chi connectivity index (χ2v) is 12.5. The summed E-state index contributed by atoms with van der Waals surface area (Å²) in [6, 6.07) is 34.4. The number of aliphatic imine (C=N–C) groups is 1. The first-order valence-corrected chi connectivity index (χ1v) is 16.4. The SMILES string of the molecule is C=C1N=C(NC(=O)c2ccccc2)C(C)=CN1[C@@H]1O[C@@]2(COC(c3ccccc3)(c3ccc(OC)cc3)c3ccc(OC)cc3)CO[C@@H]1[C@@H]2O. The molecule has 1 amide bonds. The molecule has 0 spiro atoms. The van der Waals surface area contributed by atoms with Crippen LogP contribution in [-0.4, -0.2) is 73.2 Å². The van der Waals surface area contributed by atoms with Crippen LogP contribution in [0.4, 0.5) is 0 Å². The molecule has 0 radical (unpaired) electrons. The maximum atomic E-state index is 12.9. The van der Waals surface area contributed by atoms with E-state index in [1.54, 1.807) is 49.6 Å². The van der Waals surface area contributed by atoms with Gasteiger partial charge in [0.25, 0.3) is 5.91 Å². The lowest BCUT2D eigenvalue weighted by molar-refractivity contribution is -0.208. The van der Waals surface area contributed by atoms with Crippen LogP contribution in [-0.2, 0) is 19.8 Å². The Morgan fingerprint density at radius 1 is 0.920 bits per heavy atom. The molecular formula is C40H39N3O7. The molecule has 10 nitrogen and oxygen atoms in total. The average Bonchev–Trinajstić information content (AvgIpc) is 3.62. The molecule has 4 aromatic rings. The highest BCUT2D eigenvalue weighted by Gasteiger charge is 2.63. The van der Waals surface area contributed by atoms with Crippen LogP contribution in [0.3, 0.4) is 0 Å². The highest BCUT2D eigenvalue weighted by molar-refractivity contribution is 6.12. The van der Waals surface area contributed by atoms with Gasteiger partial charge in [-0.05, 0) is 60.0 Å². The largest absolute Gasteiger partial charge is 0.497 e. The number of ether oxygens (including phenoxy) is 5. The molecule has 50 heavy (non-hydrogen) atoms. The number of aliphatic hydroxyl groups excluding tert-OH is 1. The van der Waals surface area contributed by atoms with E-state index < -0.39 is 29.6 Å². The minimum Gasteiger partial charge on any atom is -0.497 e. The van der Waals surface area contributed by atoms with Crippen LogP contribution in [0.25, 0.3) is 0 Å². The van der Waals surface area contributed by atoms with Crippen LogP contribution in [0, 0.1) is 0 Å². The van der Waals surface area contributed by atoms with Gasteiger partial charge in [-0.25, -0.2) is 4.99 Å². The maximum absolute atomic E-state index is 12.9. The van der Waals surface area contributed by atoms with Gasteiger partial charge in [0.2, 0.25) is 0 Å². The Labute approximate surface area is 291 Å². The molecule has 3 heterocycles. The van der Waals surface area contributed by atoms with E-state index in [0.29, 0.717) is 34.3 Å². The van der Waals surface area contributed by atoms with Crippen molar-refractivity contribution in [2.75, 3.05) is 27.4 Å². The Bertz CT molecular complexity index is 1860. The smallest absolute Gasteiger partial charge is 0.256 e. The van der Waals surface area contributed by atoms with Crippen molar-refractivity contribution < 1.29 is 33.6 Å². The molecule has 10 heteroatoms. The standard InChI is InChI=1S/C40H39N3O7/c1-26-23-43(27(2)41-36(26)42-37(45)28-11-7-5-8-12-28)38-34-35(44)39(50-38,24-48-34)25-49-40(29-13-9-6-10-14-29,30-15-19-32(46-3)20-16-30)31-17-21-33(47-4)22-18-31/h5-23,34-35,38,44H,2,24-25H2,1,3-4H3,(H,41,42,45)/t34-,35+,38-,39-/m1/s1. The van der Waals surface area contributed by atoms with Crippen molar-refractivity contribution in [1.82, 2.24) is 10.2 Å². The molecule has 0 saturated carbocycles. The van der Waals surface area contributed by atoms with Gasteiger partial charge in [-0.15, -0.1) is 0 Å². The van der Waals surface area contributed by atoms with Crippen molar-refractivity contribution >= 4 is 11.7 Å². The van der Waals surface area contributed by atoms with Crippen LogP contribution >= 0.6 is 0 Å². The zero-order valence-electron chi connectivity index (χ0n) is 28.1. The molecule has 3 aliphatic rings. The van der Waals surface area contributed by atoms with Gasteiger partial charge < -0.3 is 39.0 Å². The molecule has 2 N–H and O–H groups in total. The normalized spacial score (nSPS) is 22.9. The molecule has 2 bridgehead atoms. The molecule has 0 unspecified atom stereocenters. The molecule has 0 aromatic heterocycles. The number of nitrogens with zero attached hydrogens (tertiary/aromatic N) is 2. The number of nitrogens with one attached hydrogen (secondary N) is 1. The van der Waals surface area contributed by atoms with Gasteiger partial charge in [-0.3, -0.25) is 4.79 Å². The number of hydrogen-bond acceptors (Lipinski definition) is 9. The quantitative estimate of drug-likeness (QED) is 0.216. The third-order valence-corrected chi connectivity index (χ3v) is 9.50. The fraction of sp³-hybridized carbons (Fsp3) is 0.250. The highest BCUT2D eigenvalue weighted by atomic mass is 16.7. The number of carbonyl (C=O) groups excluding carboxylic acids is 1. The topological polar surface area (TPSA) is 111 Å². The number of fused-ring (bicyclic) bond motifs is 2. The van der Waals surface area contributed by atoms with Crippen LogP contribution in [0.2, 0.25) is 0 Å². The third kappa shape index (κ3) is 5.86. The van der Waals surface area contributed by atoms with E-state index in [1.807, 2.05) is 91.9 Å². The van der Waals surface area contributed by atoms with Crippen molar-refractivity contribution in [2.24, 2.45) is 4.99 Å². The molecule has 7 rings (SSSR count). The zero-order chi connectivity index (χ0) is 34.9. The Morgan fingerprint density at radius 3 is 2.06 bits per heavy atom. The van der Waals surface area contributed by atoms with Gasteiger partial charge in [-0.1, -0.05) is 79.4 Å². The van der Waals surface area contributed by atoms with Gasteiger partial charge in [0, 0.05) is 17.3 Å². The van der Waals surface area contributed by atoms with E-state index in [4.69, 9.17) is 23.7 Å².